The number of benzene rings is 3. The van der Waals surface area contributed by atoms with Crippen LogP contribution in [0.1, 0.15) is 46.4 Å². The molecule has 0 aliphatic rings. The van der Waals surface area contributed by atoms with Gasteiger partial charge in [0, 0.05) is 30.8 Å². The van der Waals surface area contributed by atoms with Crippen LogP contribution >= 0.6 is 0 Å². The van der Waals surface area contributed by atoms with E-state index in [0.29, 0.717) is 29.9 Å². The lowest BCUT2D eigenvalue weighted by atomic mass is 10.1. The van der Waals surface area contributed by atoms with E-state index < -0.39 is 53.5 Å². The number of hydrogen-bond acceptors (Lipinski definition) is 14. The van der Waals surface area contributed by atoms with E-state index in [9.17, 15) is 34.8 Å². The van der Waals surface area contributed by atoms with Crippen molar-refractivity contribution in [2.45, 2.75) is 25.7 Å². The maximum absolute atomic E-state index is 13.1. The van der Waals surface area contributed by atoms with Gasteiger partial charge in [-0.25, -0.2) is 0 Å². The van der Waals surface area contributed by atoms with Crippen LogP contribution in [0.25, 0.3) is 0 Å². The molecule has 5 N–H and O–H groups in total. The molecule has 3 rings (SSSR count). The van der Waals surface area contributed by atoms with Crippen molar-refractivity contribution in [1.29, 1.82) is 0 Å². The van der Waals surface area contributed by atoms with Crippen molar-refractivity contribution >= 4 is 53.5 Å². The van der Waals surface area contributed by atoms with Crippen molar-refractivity contribution in [3.05, 3.63) is 77.9 Å². The quantitative estimate of drug-likeness (QED) is 0.0438. The van der Waals surface area contributed by atoms with Gasteiger partial charge in [0.25, 0.3) is 42.2 Å². The van der Waals surface area contributed by atoms with Crippen molar-refractivity contribution < 1.29 is 67.4 Å². The summed E-state index contributed by atoms with van der Waals surface area (Å²) in [5.41, 5.74) is 1.71. The van der Waals surface area contributed by atoms with Gasteiger partial charge < -0.3 is 29.6 Å². The number of carbonyl (C=O) groups is 2. The summed E-state index contributed by atoms with van der Waals surface area (Å²) in [5.74, 6) is -3.23. The average Bonchev–Trinajstić information content (AvgIpc) is 3.13. The molecule has 0 atom stereocenters. The van der Waals surface area contributed by atoms with E-state index in [1.165, 1.54) is 12.1 Å². The number of rotatable bonds is 26. The summed E-state index contributed by atoms with van der Waals surface area (Å²) in [6, 6.07) is 18.4. The Morgan fingerprint density at radius 1 is 0.536 bits per heavy atom. The molecule has 0 bridgehead atoms. The molecule has 0 saturated carbocycles. The topological polar surface area (TPSA) is 283 Å². The van der Waals surface area contributed by atoms with Gasteiger partial charge in [-0.2, -0.15) is 35.5 Å². The van der Waals surface area contributed by atoms with E-state index in [-0.39, 0.29) is 87.6 Å². The Morgan fingerprint density at radius 3 is 1.52 bits per heavy atom. The Balaban J connectivity index is 1.54. The fourth-order valence-corrected chi connectivity index (χ4v) is 5.98. The van der Waals surface area contributed by atoms with Crippen LogP contribution in [-0.4, -0.2) is 114 Å². The third-order valence-electron chi connectivity index (χ3n) is 7.13. The van der Waals surface area contributed by atoms with Crippen molar-refractivity contribution in [3.8, 4) is 17.2 Å². The fraction of sp³-hybridized carbons (Fsp3) is 0.412. The van der Waals surface area contributed by atoms with Gasteiger partial charge >= 0.3 is 0 Å². The summed E-state index contributed by atoms with van der Waals surface area (Å²) in [6.45, 7) is -0.0977. The Kier molecular flexibility index (Phi) is 18.6. The molecule has 3 aromatic rings. The van der Waals surface area contributed by atoms with Gasteiger partial charge in [0.05, 0.1) is 55.1 Å². The molecule has 56 heavy (non-hydrogen) atoms. The molecule has 0 saturated heterocycles. The maximum atomic E-state index is 13.1. The second-order valence-corrected chi connectivity index (χ2v) is 16.5. The van der Waals surface area contributed by atoms with E-state index in [1.807, 2.05) is 30.3 Å². The van der Waals surface area contributed by atoms with Gasteiger partial charge in [0.1, 0.15) is 0 Å². The second-order valence-electron chi connectivity index (χ2n) is 11.8. The summed E-state index contributed by atoms with van der Waals surface area (Å²) in [5, 5.41) is 13.7. The zero-order valence-electron chi connectivity index (χ0n) is 30.1. The van der Waals surface area contributed by atoms with Crippen LogP contribution in [0.4, 0.5) is 11.4 Å². The predicted octanol–water partition coefficient (Wildman–Crippen LogP) is 3.64. The largest absolute Gasteiger partial charge is 0.489 e. The van der Waals surface area contributed by atoms with Crippen LogP contribution in [0.5, 0.6) is 17.2 Å². The number of nitrogens with one attached hydrogen (secondary N) is 2. The first kappa shape index (κ1) is 45.7. The Hall–Kier alpha value is -4.71. The smallest absolute Gasteiger partial charge is 0.264 e. The zero-order valence-corrected chi connectivity index (χ0v) is 32.6. The van der Waals surface area contributed by atoms with E-state index in [1.54, 1.807) is 24.3 Å². The molecular weight excluding hydrogens is 801 g/mol. The number of amides is 2. The molecule has 0 spiro atoms. The summed E-state index contributed by atoms with van der Waals surface area (Å²) in [6.07, 6.45) is -0.0286. The molecule has 0 aliphatic heterocycles. The lowest BCUT2D eigenvalue weighted by molar-refractivity contribution is 0.0897. The third kappa shape index (κ3) is 19.2. The van der Waals surface area contributed by atoms with Gasteiger partial charge in [-0.1, -0.05) is 18.2 Å². The number of nitrogens with zero attached hydrogens (tertiary/aromatic N) is 2. The minimum absolute atomic E-state index is 0.0279. The molecule has 308 valence electrons. The van der Waals surface area contributed by atoms with Gasteiger partial charge in [0.15, 0.2) is 11.5 Å². The molecule has 0 radical (unpaired) electrons. The Labute approximate surface area is 325 Å². The van der Waals surface area contributed by atoms with Gasteiger partial charge in [-0.05, 0) is 74.2 Å². The molecule has 0 unspecified atom stereocenters. The maximum Gasteiger partial charge on any atom is 0.264 e. The highest BCUT2D eigenvalue weighted by molar-refractivity contribution is 7.86. The lowest BCUT2D eigenvalue weighted by Crippen LogP contribution is -2.28. The summed E-state index contributed by atoms with van der Waals surface area (Å²) < 4.78 is 117. The van der Waals surface area contributed by atoms with E-state index in [4.69, 9.17) is 32.6 Å². The van der Waals surface area contributed by atoms with Gasteiger partial charge in [-0.3, -0.25) is 23.2 Å². The summed E-state index contributed by atoms with van der Waals surface area (Å²) in [4.78, 5) is 25.6. The molecule has 22 heteroatoms. The van der Waals surface area contributed by atoms with Crippen LogP contribution in [0.15, 0.2) is 77.0 Å². The van der Waals surface area contributed by atoms with E-state index >= 15 is 0 Å². The minimum Gasteiger partial charge on any atom is -0.489 e. The molecular formula is C34H44N4O15S3. The zero-order chi connectivity index (χ0) is 41.0. The number of hydrogen-bond donors (Lipinski definition) is 5. The lowest BCUT2D eigenvalue weighted by Gasteiger charge is -2.19. The molecule has 19 nitrogen and oxygen atoms in total. The Morgan fingerprint density at radius 2 is 1.00 bits per heavy atom. The standard InChI is InChI=1S/C34H44N4O15S3/c39-33(26-10-12-29(13-11-26)38-37-28-8-2-1-3-9-28)35-14-4-16-50-20-15-36-34(40)27-24-30(51-17-5-21-54(41,42)43)32(53-19-7-23-56(47,48)49)31(25-27)52-18-6-22-55(44,45)46/h1-3,8-13,24-25H,4-7,14-23H2,(H,35,39)(H,36,40)(H,41,42,43)(H,44,45,46)(H,47,48,49)/b38-37+. The molecule has 0 aromatic heterocycles. The number of carbonyl (C=O) groups excluding carboxylic acids is 2. The number of azo groups is 1. The SMILES string of the molecule is O=C(NCCCOCCNC(=O)c1cc(OCCCS(=O)(=O)O)c(OCCCS(=O)(=O)O)c(OCCCS(=O)(=O)O)c1)c1ccc(/N=N/c2ccccc2)cc1. The molecule has 3 aromatic carbocycles. The van der Waals surface area contributed by atoms with Gasteiger partial charge in [-0.15, -0.1) is 0 Å². The van der Waals surface area contributed by atoms with E-state index in [0.717, 1.165) is 0 Å². The van der Waals surface area contributed by atoms with Crippen LogP contribution < -0.4 is 24.8 Å². The molecule has 2 amide bonds. The van der Waals surface area contributed by atoms with Crippen LogP contribution in [0, 0.1) is 0 Å². The van der Waals surface area contributed by atoms with Crippen molar-refractivity contribution in [3.63, 3.8) is 0 Å². The average molecular weight is 845 g/mol. The molecule has 0 fully saturated rings. The van der Waals surface area contributed by atoms with Crippen LogP contribution in [0.2, 0.25) is 0 Å². The van der Waals surface area contributed by atoms with Crippen molar-refractivity contribution in [2.75, 3.05) is 63.4 Å². The first-order chi connectivity index (χ1) is 26.5. The normalized spacial score (nSPS) is 12.0. The van der Waals surface area contributed by atoms with Gasteiger partial charge in [0.2, 0.25) is 5.75 Å². The first-order valence-electron chi connectivity index (χ1n) is 17.1. The fourth-order valence-electron chi connectivity index (χ4n) is 4.54. The third-order valence-corrected chi connectivity index (χ3v) is 9.55. The highest BCUT2D eigenvalue weighted by atomic mass is 32.2. The first-order valence-corrected chi connectivity index (χ1v) is 21.9. The summed E-state index contributed by atoms with van der Waals surface area (Å²) in [7, 11) is -12.9. The monoisotopic (exact) mass is 844 g/mol. The summed E-state index contributed by atoms with van der Waals surface area (Å²) >= 11 is 0. The van der Waals surface area contributed by atoms with E-state index in [2.05, 4.69) is 20.9 Å². The second kappa shape index (κ2) is 22.7. The Bertz CT molecular complexity index is 2020. The number of ether oxygens (including phenoxy) is 4. The highest BCUT2D eigenvalue weighted by Gasteiger charge is 2.20. The molecule has 0 heterocycles. The highest BCUT2D eigenvalue weighted by Crippen LogP contribution is 2.39. The molecule has 0 aliphatic carbocycles. The van der Waals surface area contributed by atoms with Crippen molar-refractivity contribution in [2.24, 2.45) is 10.2 Å². The van der Waals surface area contributed by atoms with Crippen molar-refractivity contribution in [1.82, 2.24) is 10.6 Å². The predicted molar refractivity (Wildman–Crippen MR) is 203 cm³/mol. The van der Waals surface area contributed by atoms with Crippen LogP contribution in [0.3, 0.4) is 0 Å². The minimum atomic E-state index is -4.31. The van der Waals surface area contributed by atoms with Crippen LogP contribution in [-0.2, 0) is 35.1 Å².